The van der Waals surface area contributed by atoms with E-state index >= 15 is 0 Å². The van der Waals surface area contributed by atoms with Crippen molar-refractivity contribution in [2.75, 3.05) is 0 Å². The number of amides is 1. The molecule has 5 nitrogen and oxygen atoms in total. The molecule has 0 bridgehead atoms. The van der Waals surface area contributed by atoms with Gasteiger partial charge in [-0.15, -0.1) is 0 Å². The molecular weight excluding hydrogens is 228 g/mol. The molecule has 2 N–H and O–H groups in total. The number of aromatic nitrogens is 3. The zero-order valence-corrected chi connectivity index (χ0v) is 10.7. The highest BCUT2D eigenvalue weighted by Crippen LogP contribution is 2.24. The summed E-state index contributed by atoms with van der Waals surface area (Å²) >= 11 is 0. The summed E-state index contributed by atoms with van der Waals surface area (Å²) in [5, 5.41) is 4.26. The third-order valence-corrected chi connectivity index (χ3v) is 2.52. The van der Waals surface area contributed by atoms with Crippen molar-refractivity contribution in [3.8, 4) is 11.4 Å². The highest BCUT2D eigenvalue weighted by molar-refractivity contribution is 5.91. The minimum Gasteiger partial charge on any atom is -0.364 e. The second-order valence-electron chi connectivity index (χ2n) is 5.08. The fraction of sp³-hybridized carbons (Fsp3) is 0.308. The van der Waals surface area contributed by atoms with Crippen molar-refractivity contribution in [2.24, 2.45) is 5.73 Å². The van der Waals surface area contributed by atoms with Gasteiger partial charge in [0.15, 0.2) is 5.69 Å². The van der Waals surface area contributed by atoms with Crippen LogP contribution in [0.5, 0.6) is 0 Å². The van der Waals surface area contributed by atoms with Gasteiger partial charge in [0.05, 0.1) is 16.9 Å². The Balaban J connectivity index is 2.62. The molecule has 0 fully saturated rings. The Morgan fingerprint density at radius 2 is 2.06 bits per heavy atom. The molecule has 0 aromatic carbocycles. The van der Waals surface area contributed by atoms with Crippen LogP contribution in [0.3, 0.4) is 0 Å². The van der Waals surface area contributed by atoms with Crippen LogP contribution in [0.4, 0.5) is 0 Å². The summed E-state index contributed by atoms with van der Waals surface area (Å²) in [5.74, 6) is -0.532. The van der Waals surface area contributed by atoms with Crippen LogP contribution >= 0.6 is 0 Å². The van der Waals surface area contributed by atoms with E-state index in [1.165, 1.54) is 0 Å². The van der Waals surface area contributed by atoms with E-state index in [1.807, 2.05) is 39.0 Å². The van der Waals surface area contributed by atoms with Crippen molar-refractivity contribution < 1.29 is 4.79 Å². The number of nitrogens with two attached hydrogens (primary N) is 1. The maximum Gasteiger partial charge on any atom is 0.269 e. The van der Waals surface area contributed by atoms with Crippen molar-refractivity contribution >= 4 is 5.91 Å². The van der Waals surface area contributed by atoms with Gasteiger partial charge in [0.25, 0.3) is 5.91 Å². The first kappa shape index (κ1) is 12.3. The summed E-state index contributed by atoms with van der Waals surface area (Å²) in [6, 6.07) is 7.29. The average molecular weight is 244 g/mol. The average Bonchev–Trinajstić information content (AvgIpc) is 2.74. The Labute approximate surface area is 106 Å². The number of carbonyl (C=O) groups is 1. The largest absolute Gasteiger partial charge is 0.364 e. The summed E-state index contributed by atoms with van der Waals surface area (Å²) in [6.07, 6.45) is 1.71. The molecule has 0 unspecified atom stereocenters. The minimum atomic E-state index is -0.532. The summed E-state index contributed by atoms with van der Waals surface area (Å²) in [5.41, 5.74) is 6.85. The standard InChI is InChI=1S/C13H16N4O/c1-13(2,3)17-11(8-10(16-17)12(14)18)9-6-4-5-7-15-9/h4-8H,1-3H3,(H2,14,18). The second kappa shape index (κ2) is 4.25. The Morgan fingerprint density at radius 3 is 2.56 bits per heavy atom. The molecule has 0 atom stereocenters. The van der Waals surface area contributed by atoms with E-state index in [0.717, 1.165) is 11.4 Å². The minimum absolute atomic E-state index is 0.249. The highest BCUT2D eigenvalue weighted by Gasteiger charge is 2.22. The van der Waals surface area contributed by atoms with Gasteiger partial charge in [0, 0.05) is 6.20 Å². The van der Waals surface area contributed by atoms with Crippen molar-refractivity contribution in [3.05, 3.63) is 36.2 Å². The van der Waals surface area contributed by atoms with E-state index in [-0.39, 0.29) is 11.2 Å². The molecule has 94 valence electrons. The maximum atomic E-state index is 11.3. The molecule has 2 aromatic heterocycles. The SMILES string of the molecule is CC(C)(C)n1nc(C(N)=O)cc1-c1ccccn1. The van der Waals surface area contributed by atoms with E-state index in [9.17, 15) is 4.79 Å². The molecule has 5 heteroatoms. The predicted octanol–water partition coefficient (Wildman–Crippen LogP) is 1.80. The fourth-order valence-electron chi connectivity index (χ4n) is 1.71. The lowest BCUT2D eigenvalue weighted by molar-refractivity contribution is 0.0994. The molecule has 0 spiro atoms. The van der Waals surface area contributed by atoms with Gasteiger partial charge in [0.1, 0.15) is 0 Å². The number of rotatable bonds is 2. The van der Waals surface area contributed by atoms with E-state index in [4.69, 9.17) is 5.73 Å². The quantitative estimate of drug-likeness (QED) is 0.875. The van der Waals surface area contributed by atoms with E-state index in [0.29, 0.717) is 0 Å². The van der Waals surface area contributed by atoms with Gasteiger partial charge < -0.3 is 5.73 Å². The lowest BCUT2D eigenvalue weighted by Crippen LogP contribution is -2.25. The first-order valence-corrected chi connectivity index (χ1v) is 5.71. The first-order valence-electron chi connectivity index (χ1n) is 5.71. The number of primary amides is 1. The van der Waals surface area contributed by atoms with Crippen LogP contribution in [-0.2, 0) is 5.54 Å². The van der Waals surface area contributed by atoms with Gasteiger partial charge in [-0.1, -0.05) is 6.07 Å². The summed E-state index contributed by atoms with van der Waals surface area (Å²) < 4.78 is 1.77. The van der Waals surface area contributed by atoms with E-state index < -0.39 is 5.91 Å². The number of hydrogen-bond acceptors (Lipinski definition) is 3. The molecule has 0 aliphatic heterocycles. The number of carbonyl (C=O) groups excluding carboxylic acids is 1. The van der Waals surface area contributed by atoms with Crippen molar-refractivity contribution in [2.45, 2.75) is 26.3 Å². The van der Waals surface area contributed by atoms with Gasteiger partial charge in [-0.2, -0.15) is 5.10 Å². The Bertz CT molecular complexity index is 566. The van der Waals surface area contributed by atoms with E-state index in [1.54, 1.807) is 16.9 Å². The van der Waals surface area contributed by atoms with Crippen LogP contribution in [0.25, 0.3) is 11.4 Å². The highest BCUT2D eigenvalue weighted by atomic mass is 16.1. The molecule has 0 aliphatic carbocycles. The Morgan fingerprint density at radius 1 is 1.33 bits per heavy atom. The lowest BCUT2D eigenvalue weighted by atomic mass is 10.1. The van der Waals surface area contributed by atoms with Crippen molar-refractivity contribution in [1.82, 2.24) is 14.8 Å². The maximum absolute atomic E-state index is 11.3. The van der Waals surface area contributed by atoms with Crippen LogP contribution in [0, 0.1) is 0 Å². The van der Waals surface area contributed by atoms with Crippen LogP contribution in [0.1, 0.15) is 31.3 Å². The molecule has 2 rings (SSSR count). The third kappa shape index (κ3) is 2.25. The van der Waals surface area contributed by atoms with Gasteiger partial charge in [-0.25, -0.2) is 0 Å². The van der Waals surface area contributed by atoms with Crippen molar-refractivity contribution in [1.29, 1.82) is 0 Å². The lowest BCUT2D eigenvalue weighted by Gasteiger charge is -2.22. The van der Waals surface area contributed by atoms with Crippen LogP contribution in [0.15, 0.2) is 30.5 Å². The van der Waals surface area contributed by atoms with Gasteiger partial charge in [-0.05, 0) is 39.0 Å². The molecule has 2 heterocycles. The first-order chi connectivity index (χ1) is 8.39. The fourth-order valence-corrected chi connectivity index (χ4v) is 1.71. The molecule has 18 heavy (non-hydrogen) atoms. The predicted molar refractivity (Wildman–Crippen MR) is 69.0 cm³/mol. The Kier molecular flexibility index (Phi) is 2.90. The van der Waals surface area contributed by atoms with Crippen LogP contribution < -0.4 is 5.73 Å². The van der Waals surface area contributed by atoms with Crippen LogP contribution in [-0.4, -0.2) is 20.7 Å². The summed E-state index contributed by atoms with van der Waals surface area (Å²) in [4.78, 5) is 15.5. The zero-order valence-electron chi connectivity index (χ0n) is 10.7. The summed E-state index contributed by atoms with van der Waals surface area (Å²) in [6.45, 7) is 6.03. The normalized spacial score (nSPS) is 11.5. The monoisotopic (exact) mass is 244 g/mol. The molecular formula is C13H16N4O. The molecule has 0 saturated carbocycles. The van der Waals surface area contributed by atoms with Gasteiger partial charge in [-0.3, -0.25) is 14.5 Å². The van der Waals surface area contributed by atoms with Crippen molar-refractivity contribution in [3.63, 3.8) is 0 Å². The summed E-state index contributed by atoms with van der Waals surface area (Å²) in [7, 11) is 0. The molecule has 2 aromatic rings. The molecule has 0 saturated heterocycles. The smallest absolute Gasteiger partial charge is 0.269 e. The third-order valence-electron chi connectivity index (χ3n) is 2.52. The Hall–Kier alpha value is -2.17. The number of hydrogen-bond donors (Lipinski definition) is 1. The van der Waals surface area contributed by atoms with Gasteiger partial charge in [0.2, 0.25) is 0 Å². The van der Waals surface area contributed by atoms with Gasteiger partial charge >= 0.3 is 0 Å². The molecule has 1 amide bonds. The second-order valence-corrected chi connectivity index (χ2v) is 5.08. The molecule has 0 aliphatic rings. The number of pyridine rings is 1. The molecule has 0 radical (unpaired) electrons. The van der Waals surface area contributed by atoms with Crippen LogP contribution in [0.2, 0.25) is 0 Å². The zero-order chi connectivity index (χ0) is 13.3. The number of nitrogens with zero attached hydrogens (tertiary/aromatic N) is 3. The van der Waals surface area contributed by atoms with E-state index in [2.05, 4.69) is 10.1 Å². The topological polar surface area (TPSA) is 73.8 Å².